The van der Waals surface area contributed by atoms with Crippen LogP contribution in [0.15, 0.2) is 18.2 Å². The molecule has 118 valence electrons. The van der Waals surface area contributed by atoms with Gasteiger partial charge in [-0.05, 0) is 19.0 Å². The van der Waals surface area contributed by atoms with Gasteiger partial charge in [-0.15, -0.1) is 0 Å². The summed E-state index contributed by atoms with van der Waals surface area (Å²) in [6.07, 6.45) is 1.31. The van der Waals surface area contributed by atoms with E-state index in [0.717, 1.165) is 36.6 Å². The number of carbonyl (C=O) groups excluding carboxylic acids is 1. The first-order valence-electron chi connectivity index (χ1n) is 7.51. The molecule has 21 heavy (non-hydrogen) atoms. The van der Waals surface area contributed by atoms with Gasteiger partial charge in [-0.1, -0.05) is 19.9 Å². The SMILES string of the molecule is CCCOc1ccc(CNCC)c(OCCC(=O)NC)c1. The van der Waals surface area contributed by atoms with E-state index in [9.17, 15) is 4.79 Å². The first-order valence-corrected chi connectivity index (χ1v) is 7.51. The van der Waals surface area contributed by atoms with Crippen molar-refractivity contribution in [2.45, 2.75) is 33.2 Å². The normalized spacial score (nSPS) is 10.2. The van der Waals surface area contributed by atoms with Crippen molar-refractivity contribution in [2.75, 3.05) is 26.8 Å². The highest BCUT2D eigenvalue weighted by molar-refractivity contribution is 5.75. The Morgan fingerprint density at radius 3 is 2.67 bits per heavy atom. The van der Waals surface area contributed by atoms with Gasteiger partial charge in [0.15, 0.2) is 0 Å². The lowest BCUT2D eigenvalue weighted by molar-refractivity contribution is -0.121. The molecule has 0 bridgehead atoms. The average Bonchev–Trinajstić information content (AvgIpc) is 2.51. The van der Waals surface area contributed by atoms with Crippen LogP contribution in [-0.4, -0.2) is 32.7 Å². The van der Waals surface area contributed by atoms with Crippen LogP contribution in [0.1, 0.15) is 32.3 Å². The lowest BCUT2D eigenvalue weighted by atomic mass is 10.2. The largest absolute Gasteiger partial charge is 0.493 e. The summed E-state index contributed by atoms with van der Waals surface area (Å²) in [5.74, 6) is 1.54. The third kappa shape index (κ3) is 6.49. The van der Waals surface area contributed by atoms with Crippen LogP contribution in [-0.2, 0) is 11.3 Å². The Hall–Kier alpha value is -1.75. The average molecular weight is 294 g/mol. The van der Waals surface area contributed by atoms with Gasteiger partial charge in [0, 0.05) is 25.2 Å². The molecule has 0 saturated heterocycles. The number of nitrogens with one attached hydrogen (secondary N) is 2. The summed E-state index contributed by atoms with van der Waals surface area (Å²) in [5, 5.41) is 5.86. The highest BCUT2D eigenvalue weighted by Crippen LogP contribution is 2.25. The summed E-state index contributed by atoms with van der Waals surface area (Å²) in [4.78, 5) is 11.2. The molecule has 0 radical (unpaired) electrons. The predicted molar refractivity (Wildman–Crippen MR) is 83.8 cm³/mol. The third-order valence-corrected chi connectivity index (χ3v) is 2.94. The van der Waals surface area contributed by atoms with E-state index in [1.807, 2.05) is 18.2 Å². The van der Waals surface area contributed by atoms with Gasteiger partial charge < -0.3 is 20.1 Å². The fourth-order valence-corrected chi connectivity index (χ4v) is 1.76. The van der Waals surface area contributed by atoms with E-state index >= 15 is 0 Å². The van der Waals surface area contributed by atoms with Crippen LogP contribution in [0.5, 0.6) is 11.5 Å². The van der Waals surface area contributed by atoms with Crippen LogP contribution in [0.3, 0.4) is 0 Å². The molecule has 1 rings (SSSR count). The van der Waals surface area contributed by atoms with E-state index in [-0.39, 0.29) is 5.91 Å². The first-order chi connectivity index (χ1) is 10.2. The molecule has 0 aliphatic carbocycles. The molecule has 0 fully saturated rings. The molecule has 0 aliphatic heterocycles. The van der Waals surface area contributed by atoms with E-state index in [1.54, 1.807) is 7.05 Å². The van der Waals surface area contributed by atoms with Crippen molar-refractivity contribution in [3.8, 4) is 11.5 Å². The Morgan fingerprint density at radius 2 is 2.00 bits per heavy atom. The Labute approximate surface area is 127 Å². The number of benzene rings is 1. The summed E-state index contributed by atoms with van der Waals surface area (Å²) >= 11 is 0. The molecule has 2 N–H and O–H groups in total. The van der Waals surface area contributed by atoms with Gasteiger partial charge >= 0.3 is 0 Å². The summed E-state index contributed by atoms with van der Waals surface area (Å²) in [6, 6.07) is 5.85. The van der Waals surface area contributed by atoms with Gasteiger partial charge in [0.05, 0.1) is 19.6 Å². The maximum absolute atomic E-state index is 11.2. The molecule has 1 aromatic rings. The molecular formula is C16H26N2O3. The summed E-state index contributed by atoms with van der Waals surface area (Å²) in [6.45, 7) is 6.80. The van der Waals surface area contributed by atoms with Crippen molar-refractivity contribution in [2.24, 2.45) is 0 Å². The maximum Gasteiger partial charge on any atom is 0.223 e. The van der Waals surface area contributed by atoms with E-state index in [1.165, 1.54) is 0 Å². The van der Waals surface area contributed by atoms with Crippen molar-refractivity contribution in [3.05, 3.63) is 23.8 Å². The standard InChI is InChI=1S/C16H26N2O3/c1-4-9-20-14-7-6-13(12-18-5-2)15(11-14)21-10-8-16(19)17-3/h6-7,11,18H,4-5,8-10,12H2,1-3H3,(H,17,19). The van der Waals surface area contributed by atoms with Crippen LogP contribution in [0.2, 0.25) is 0 Å². The van der Waals surface area contributed by atoms with Gasteiger partial charge in [0.2, 0.25) is 5.91 Å². The minimum Gasteiger partial charge on any atom is -0.493 e. The minimum absolute atomic E-state index is 0.0263. The smallest absolute Gasteiger partial charge is 0.223 e. The highest BCUT2D eigenvalue weighted by atomic mass is 16.5. The van der Waals surface area contributed by atoms with Crippen molar-refractivity contribution in [1.29, 1.82) is 0 Å². The second kappa shape index (κ2) is 10.0. The molecule has 0 unspecified atom stereocenters. The quantitative estimate of drug-likeness (QED) is 0.694. The molecule has 0 atom stereocenters. The monoisotopic (exact) mass is 294 g/mol. The summed E-state index contributed by atoms with van der Waals surface area (Å²) in [7, 11) is 1.62. The highest BCUT2D eigenvalue weighted by Gasteiger charge is 2.07. The number of ether oxygens (including phenoxy) is 2. The topological polar surface area (TPSA) is 59.6 Å². The van der Waals surface area contributed by atoms with Gasteiger partial charge in [0.25, 0.3) is 0 Å². The zero-order valence-corrected chi connectivity index (χ0v) is 13.2. The van der Waals surface area contributed by atoms with Gasteiger partial charge in [-0.2, -0.15) is 0 Å². The van der Waals surface area contributed by atoms with E-state index in [4.69, 9.17) is 9.47 Å². The first kappa shape index (κ1) is 17.3. The molecule has 0 spiro atoms. The van der Waals surface area contributed by atoms with Crippen LogP contribution in [0.4, 0.5) is 0 Å². The fraction of sp³-hybridized carbons (Fsp3) is 0.562. The van der Waals surface area contributed by atoms with Crippen LogP contribution in [0, 0.1) is 0 Å². The van der Waals surface area contributed by atoms with Gasteiger partial charge in [-0.3, -0.25) is 4.79 Å². The molecule has 1 amide bonds. The summed E-state index contributed by atoms with van der Waals surface area (Å²) < 4.78 is 11.4. The number of rotatable bonds is 10. The number of carbonyl (C=O) groups is 1. The minimum atomic E-state index is -0.0263. The van der Waals surface area contributed by atoms with E-state index in [2.05, 4.69) is 24.5 Å². The zero-order valence-electron chi connectivity index (χ0n) is 13.2. The molecule has 0 saturated carbocycles. The predicted octanol–water partition coefficient (Wildman–Crippen LogP) is 2.10. The fourth-order valence-electron chi connectivity index (χ4n) is 1.76. The second-order valence-corrected chi connectivity index (χ2v) is 4.67. The zero-order chi connectivity index (χ0) is 15.5. The third-order valence-electron chi connectivity index (χ3n) is 2.94. The van der Waals surface area contributed by atoms with Crippen LogP contribution >= 0.6 is 0 Å². The van der Waals surface area contributed by atoms with Crippen molar-refractivity contribution < 1.29 is 14.3 Å². The van der Waals surface area contributed by atoms with E-state index in [0.29, 0.717) is 19.6 Å². The molecule has 0 heterocycles. The Morgan fingerprint density at radius 1 is 1.19 bits per heavy atom. The molecule has 1 aromatic carbocycles. The second-order valence-electron chi connectivity index (χ2n) is 4.67. The Kier molecular flexibility index (Phi) is 8.28. The Balaban J connectivity index is 2.70. The number of hydrogen-bond donors (Lipinski definition) is 2. The number of amides is 1. The molecular weight excluding hydrogens is 268 g/mol. The summed E-state index contributed by atoms with van der Waals surface area (Å²) in [5.41, 5.74) is 1.07. The van der Waals surface area contributed by atoms with Crippen molar-refractivity contribution in [1.82, 2.24) is 10.6 Å². The molecule has 0 aliphatic rings. The van der Waals surface area contributed by atoms with Crippen molar-refractivity contribution in [3.63, 3.8) is 0 Å². The van der Waals surface area contributed by atoms with Crippen LogP contribution < -0.4 is 20.1 Å². The number of hydrogen-bond acceptors (Lipinski definition) is 4. The Bertz CT molecular complexity index is 436. The maximum atomic E-state index is 11.2. The lowest BCUT2D eigenvalue weighted by Gasteiger charge is -2.14. The van der Waals surface area contributed by atoms with Crippen LogP contribution in [0.25, 0.3) is 0 Å². The van der Waals surface area contributed by atoms with Gasteiger partial charge in [0.1, 0.15) is 11.5 Å². The molecule has 0 aromatic heterocycles. The molecule has 5 nitrogen and oxygen atoms in total. The lowest BCUT2D eigenvalue weighted by Crippen LogP contribution is -2.20. The molecule has 5 heteroatoms. The van der Waals surface area contributed by atoms with Crippen molar-refractivity contribution >= 4 is 5.91 Å². The van der Waals surface area contributed by atoms with Gasteiger partial charge in [-0.25, -0.2) is 0 Å². The van der Waals surface area contributed by atoms with E-state index < -0.39 is 0 Å².